The molecule has 8 heteroatoms. The first-order valence-electron chi connectivity index (χ1n) is 5.84. The van der Waals surface area contributed by atoms with Crippen LogP contribution in [0.4, 0.5) is 0 Å². The van der Waals surface area contributed by atoms with Crippen LogP contribution in [0.5, 0.6) is 0 Å². The largest absolute Gasteiger partial charge is 0.481 e. The van der Waals surface area contributed by atoms with E-state index >= 15 is 0 Å². The quantitative estimate of drug-likeness (QED) is 0.818. The molecule has 2 N–H and O–H groups in total. The van der Waals surface area contributed by atoms with Gasteiger partial charge in [-0.15, -0.1) is 11.3 Å². The predicted molar refractivity (Wildman–Crippen MR) is 82.6 cm³/mol. The fourth-order valence-electron chi connectivity index (χ4n) is 1.35. The van der Waals surface area contributed by atoms with Crippen LogP contribution < -0.4 is 4.72 Å². The Labute approximate surface area is 131 Å². The Morgan fingerprint density at radius 3 is 2.20 bits per heavy atom. The number of halogens is 1. The molecule has 0 atom stereocenters. The molecule has 0 fully saturated rings. The van der Waals surface area contributed by atoms with Gasteiger partial charge in [0.05, 0.1) is 9.20 Å². The number of rotatable bonds is 5. The molecule has 1 aromatic heterocycles. The van der Waals surface area contributed by atoms with Gasteiger partial charge in [-0.25, -0.2) is 13.1 Å². The molecule has 0 radical (unpaired) electrons. The summed E-state index contributed by atoms with van der Waals surface area (Å²) in [6, 6.07) is 1.56. The molecular weight excluding hydrogens is 366 g/mol. The highest BCUT2D eigenvalue weighted by atomic mass is 79.9. The molecular formula is C12H18BrNO4S2. The molecule has 1 rings (SSSR count). The van der Waals surface area contributed by atoms with Crippen LogP contribution in [-0.2, 0) is 14.8 Å². The highest BCUT2D eigenvalue weighted by Crippen LogP contribution is 2.35. The van der Waals surface area contributed by atoms with Crippen molar-refractivity contribution in [2.24, 2.45) is 5.41 Å². The highest BCUT2D eigenvalue weighted by Gasteiger charge is 2.46. The van der Waals surface area contributed by atoms with E-state index in [9.17, 15) is 18.3 Å². The number of sulfonamides is 1. The molecule has 114 valence electrons. The van der Waals surface area contributed by atoms with Crippen LogP contribution in [0.1, 0.15) is 33.3 Å². The second kappa shape index (κ2) is 5.40. The van der Waals surface area contributed by atoms with Crippen LogP contribution in [-0.4, -0.2) is 25.0 Å². The minimum absolute atomic E-state index is 0.163. The lowest BCUT2D eigenvalue weighted by Gasteiger charge is -2.38. The first kappa shape index (κ1) is 17.6. The van der Waals surface area contributed by atoms with Crippen LogP contribution in [0, 0.1) is 12.3 Å². The summed E-state index contributed by atoms with van der Waals surface area (Å²) >= 11 is 4.38. The molecule has 20 heavy (non-hydrogen) atoms. The number of hydrogen-bond acceptors (Lipinski definition) is 4. The molecule has 0 aliphatic heterocycles. The molecule has 1 heterocycles. The number of aryl methyl sites for hydroxylation is 1. The lowest BCUT2D eigenvalue weighted by molar-refractivity contribution is -0.150. The summed E-state index contributed by atoms with van der Waals surface area (Å²) in [5.41, 5.74) is -1.56. The van der Waals surface area contributed by atoms with Gasteiger partial charge in [-0.3, -0.25) is 4.79 Å². The van der Waals surface area contributed by atoms with Crippen molar-refractivity contribution in [3.05, 3.63) is 15.4 Å². The fraction of sp³-hybridized carbons (Fsp3) is 0.583. The molecule has 0 bridgehead atoms. The van der Waals surface area contributed by atoms with Crippen LogP contribution >= 0.6 is 27.3 Å². The second-order valence-electron chi connectivity index (χ2n) is 5.68. The van der Waals surface area contributed by atoms with Crippen molar-refractivity contribution >= 4 is 43.3 Å². The Hall–Kier alpha value is -0.440. The van der Waals surface area contributed by atoms with Crippen molar-refractivity contribution in [1.29, 1.82) is 0 Å². The van der Waals surface area contributed by atoms with E-state index in [1.807, 2.05) is 0 Å². The van der Waals surface area contributed by atoms with E-state index in [1.165, 1.54) is 13.8 Å². The third kappa shape index (κ3) is 3.24. The van der Waals surface area contributed by atoms with Crippen molar-refractivity contribution in [2.45, 2.75) is 44.4 Å². The van der Waals surface area contributed by atoms with E-state index in [0.29, 0.717) is 0 Å². The van der Waals surface area contributed by atoms with Crippen molar-refractivity contribution in [1.82, 2.24) is 4.72 Å². The summed E-state index contributed by atoms with van der Waals surface area (Å²) in [7, 11) is -3.76. The molecule has 5 nitrogen and oxygen atoms in total. The SMILES string of the molecule is Cc1cc(S(=O)(=O)NC(C)(C)C(C)(C)C(=O)O)sc1Br. The van der Waals surface area contributed by atoms with E-state index in [0.717, 1.165) is 20.7 Å². The third-order valence-corrected chi connectivity index (χ3v) is 7.85. The Balaban J connectivity index is 3.17. The standard InChI is InChI=1S/C12H18BrNO4S2/c1-7-6-8(19-9(7)13)20(17,18)14-12(4,5)11(2,3)10(15)16/h6,14H,1-5H3,(H,15,16). The monoisotopic (exact) mass is 383 g/mol. The van der Waals surface area contributed by atoms with Gasteiger partial charge in [0.2, 0.25) is 0 Å². The average molecular weight is 384 g/mol. The lowest BCUT2D eigenvalue weighted by Crippen LogP contribution is -2.56. The lowest BCUT2D eigenvalue weighted by atomic mass is 9.75. The van der Waals surface area contributed by atoms with E-state index < -0.39 is 26.9 Å². The average Bonchev–Trinajstić information content (AvgIpc) is 2.58. The van der Waals surface area contributed by atoms with Gasteiger partial charge in [0, 0.05) is 5.54 Å². The Bertz CT molecular complexity index is 612. The van der Waals surface area contributed by atoms with E-state index in [2.05, 4.69) is 20.7 Å². The molecule has 0 amide bonds. The van der Waals surface area contributed by atoms with Crippen LogP contribution in [0.3, 0.4) is 0 Å². The minimum Gasteiger partial charge on any atom is -0.481 e. The maximum absolute atomic E-state index is 12.4. The Morgan fingerprint density at radius 1 is 1.35 bits per heavy atom. The summed E-state index contributed by atoms with van der Waals surface area (Å²) in [6.45, 7) is 7.91. The van der Waals surface area contributed by atoms with Crippen LogP contribution in [0.25, 0.3) is 0 Å². The zero-order valence-electron chi connectivity index (χ0n) is 11.9. The second-order valence-corrected chi connectivity index (χ2v) is 9.96. The Morgan fingerprint density at radius 2 is 1.85 bits per heavy atom. The predicted octanol–water partition coefficient (Wildman–Crippen LogP) is 2.99. The van der Waals surface area contributed by atoms with E-state index in [1.54, 1.807) is 26.8 Å². The fourth-order valence-corrected chi connectivity index (χ4v) is 5.11. The maximum Gasteiger partial charge on any atom is 0.310 e. The van der Waals surface area contributed by atoms with Gasteiger partial charge in [0.1, 0.15) is 4.21 Å². The molecule has 0 spiro atoms. The first-order chi connectivity index (χ1) is 8.81. The summed E-state index contributed by atoms with van der Waals surface area (Å²) in [6.07, 6.45) is 0. The Kier molecular flexibility index (Phi) is 4.75. The number of carbonyl (C=O) groups is 1. The molecule has 0 aliphatic rings. The van der Waals surface area contributed by atoms with Gasteiger partial charge in [0.15, 0.2) is 0 Å². The number of aliphatic carboxylic acids is 1. The number of hydrogen-bond donors (Lipinski definition) is 2. The van der Waals surface area contributed by atoms with Gasteiger partial charge >= 0.3 is 5.97 Å². The van der Waals surface area contributed by atoms with Gasteiger partial charge in [0.25, 0.3) is 10.0 Å². The van der Waals surface area contributed by atoms with Crippen molar-refractivity contribution in [3.63, 3.8) is 0 Å². The summed E-state index contributed by atoms with van der Waals surface area (Å²) in [5, 5.41) is 9.25. The van der Waals surface area contributed by atoms with E-state index in [-0.39, 0.29) is 4.21 Å². The number of carboxylic acid groups (broad SMARTS) is 1. The van der Waals surface area contributed by atoms with Crippen molar-refractivity contribution < 1.29 is 18.3 Å². The molecule has 0 saturated carbocycles. The summed E-state index contributed by atoms with van der Waals surface area (Å²) < 4.78 is 28.1. The van der Waals surface area contributed by atoms with Crippen LogP contribution in [0.15, 0.2) is 14.1 Å². The normalized spacial score (nSPS) is 13.5. The smallest absolute Gasteiger partial charge is 0.310 e. The number of carboxylic acids is 1. The highest BCUT2D eigenvalue weighted by molar-refractivity contribution is 9.11. The van der Waals surface area contributed by atoms with Crippen molar-refractivity contribution in [3.8, 4) is 0 Å². The van der Waals surface area contributed by atoms with Crippen molar-refractivity contribution in [2.75, 3.05) is 0 Å². The topological polar surface area (TPSA) is 83.5 Å². The molecule has 0 unspecified atom stereocenters. The van der Waals surface area contributed by atoms with Crippen LogP contribution in [0.2, 0.25) is 0 Å². The van der Waals surface area contributed by atoms with Gasteiger partial charge < -0.3 is 5.11 Å². The van der Waals surface area contributed by atoms with Gasteiger partial charge in [-0.05, 0) is 62.2 Å². The minimum atomic E-state index is -3.76. The summed E-state index contributed by atoms with van der Waals surface area (Å²) in [5.74, 6) is -1.06. The molecule has 1 aromatic rings. The molecule has 0 aromatic carbocycles. The van der Waals surface area contributed by atoms with Gasteiger partial charge in [-0.2, -0.15) is 0 Å². The maximum atomic E-state index is 12.4. The molecule has 0 aliphatic carbocycles. The van der Waals surface area contributed by atoms with Gasteiger partial charge in [-0.1, -0.05) is 0 Å². The zero-order valence-corrected chi connectivity index (χ0v) is 15.2. The first-order valence-corrected chi connectivity index (χ1v) is 8.94. The summed E-state index contributed by atoms with van der Waals surface area (Å²) in [4.78, 5) is 11.3. The number of nitrogens with one attached hydrogen (secondary N) is 1. The zero-order chi connectivity index (χ0) is 15.9. The molecule has 0 saturated heterocycles. The van der Waals surface area contributed by atoms with E-state index in [4.69, 9.17) is 0 Å². The number of thiophene rings is 1. The third-order valence-electron chi connectivity index (χ3n) is 3.59.